The lowest BCUT2D eigenvalue weighted by Gasteiger charge is -2.21. The molecule has 18 heavy (non-hydrogen) atoms. The van der Waals surface area contributed by atoms with Crippen molar-refractivity contribution in [3.63, 3.8) is 0 Å². The number of fused-ring (bicyclic) bond motifs is 1. The smallest absolute Gasteiger partial charge is 0.256 e. The predicted octanol–water partition coefficient (Wildman–Crippen LogP) is 1.22. The number of carbonyl (C=O) groups is 1. The molecule has 0 saturated heterocycles. The molecule has 1 amide bonds. The molecule has 1 atom stereocenters. The fourth-order valence-corrected chi connectivity index (χ4v) is 1.77. The van der Waals surface area contributed by atoms with Gasteiger partial charge in [0.2, 0.25) is 0 Å². The Balaban J connectivity index is 2.15. The summed E-state index contributed by atoms with van der Waals surface area (Å²) in [6.07, 6.45) is 4.42. The number of aliphatic hydroxyl groups is 1. The van der Waals surface area contributed by atoms with Crippen LogP contribution in [0.2, 0.25) is 0 Å². The minimum atomic E-state index is -1.35. The van der Waals surface area contributed by atoms with Gasteiger partial charge in [-0.2, -0.15) is 0 Å². The van der Waals surface area contributed by atoms with Crippen molar-refractivity contribution in [2.24, 2.45) is 0 Å². The first kappa shape index (κ1) is 12.5. The number of hydrogen-bond donors (Lipinski definition) is 2. The number of carbonyl (C=O) groups excluding carboxylic acids is 1. The Labute approximate surface area is 105 Å². The summed E-state index contributed by atoms with van der Waals surface area (Å²) < 4.78 is 1.70. The van der Waals surface area contributed by atoms with Crippen molar-refractivity contribution >= 4 is 17.2 Å². The monoisotopic (exact) mass is 248 g/mol. The van der Waals surface area contributed by atoms with Gasteiger partial charge in [-0.1, -0.05) is 13.3 Å². The van der Waals surface area contributed by atoms with Crippen molar-refractivity contribution in [3.8, 4) is 0 Å². The standard InChI is InChI=1S/C12H16N4O2/c1-3-6-12(2,18)11(17)14-9-4-5-10-15-13-8-16(10)7-9/h4-5,7-8,18H,3,6H2,1-2H3,(H,14,17). The van der Waals surface area contributed by atoms with Gasteiger partial charge < -0.3 is 10.4 Å². The zero-order valence-electron chi connectivity index (χ0n) is 10.4. The zero-order valence-corrected chi connectivity index (χ0v) is 10.4. The third-order valence-corrected chi connectivity index (χ3v) is 2.77. The van der Waals surface area contributed by atoms with Gasteiger partial charge >= 0.3 is 0 Å². The molecule has 1 unspecified atom stereocenters. The van der Waals surface area contributed by atoms with Gasteiger partial charge in [0.15, 0.2) is 5.65 Å². The molecule has 0 spiro atoms. The van der Waals surface area contributed by atoms with Crippen molar-refractivity contribution in [1.82, 2.24) is 14.6 Å². The van der Waals surface area contributed by atoms with Crippen molar-refractivity contribution < 1.29 is 9.90 Å². The number of nitrogens with zero attached hydrogens (tertiary/aromatic N) is 3. The minimum Gasteiger partial charge on any atom is -0.380 e. The van der Waals surface area contributed by atoms with Crippen LogP contribution in [0.3, 0.4) is 0 Å². The van der Waals surface area contributed by atoms with E-state index in [1.54, 1.807) is 29.1 Å². The topological polar surface area (TPSA) is 79.5 Å². The Kier molecular flexibility index (Phi) is 3.29. The van der Waals surface area contributed by atoms with E-state index in [2.05, 4.69) is 15.5 Å². The van der Waals surface area contributed by atoms with Gasteiger partial charge in [0.1, 0.15) is 11.9 Å². The third-order valence-electron chi connectivity index (χ3n) is 2.77. The van der Waals surface area contributed by atoms with Crippen molar-refractivity contribution in [2.75, 3.05) is 5.32 Å². The van der Waals surface area contributed by atoms with E-state index in [0.717, 1.165) is 6.42 Å². The van der Waals surface area contributed by atoms with E-state index in [-0.39, 0.29) is 0 Å². The van der Waals surface area contributed by atoms with Crippen LogP contribution in [0.5, 0.6) is 0 Å². The second-order valence-electron chi connectivity index (χ2n) is 4.49. The largest absolute Gasteiger partial charge is 0.380 e. The van der Waals surface area contributed by atoms with Crippen LogP contribution in [0.25, 0.3) is 5.65 Å². The summed E-state index contributed by atoms with van der Waals surface area (Å²) in [7, 11) is 0. The molecule has 2 aromatic heterocycles. The molecule has 0 fully saturated rings. The summed E-state index contributed by atoms with van der Waals surface area (Å²) >= 11 is 0. The van der Waals surface area contributed by atoms with Crippen LogP contribution < -0.4 is 5.32 Å². The van der Waals surface area contributed by atoms with E-state index >= 15 is 0 Å². The molecule has 0 aliphatic rings. The molecule has 6 heteroatoms. The van der Waals surface area contributed by atoms with Gasteiger partial charge in [0, 0.05) is 6.20 Å². The molecule has 2 N–H and O–H groups in total. The molecule has 2 aromatic rings. The zero-order chi connectivity index (χ0) is 13.2. The highest BCUT2D eigenvalue weighted by molar-refractivity contribution is 5.96. The summed E-state index contributed by atoms with van der Waals surface area (Å²) in [4.78, 5) is 11.9. The average Bonchev–Trinajstić information content (AvgIpc) is 2.76. The molecule has 96 valence electrons. The van der Waals surface area contributed by atoms with E-state index in [0.29, 0.717) is 17.8 Å². The molecular formula is C12H16N4O2. The number of hydrogen-bond acceptors (Lipinski definition) is 4. The lowest BCUT2D eigenvalue weighted by molar-refractivity contribution is -0.133. The number of amides is 1. The van der Waals surface area contributed by atoms with Crippen LogP contribution in [0.1, 0.15) is 26.7 Å². The Hall–Kier alpha value is -1.95. The highest BCUT2D eigenvalue weighted by atomic mass is 16.3. The maximum Gasteiger partial charge on any atom is 0.256 e. The highest BCUT2D eigenvalue weighted by Crippen LogP contribution is 2.16. The fourth-order valence-electron chi connectivity index (χ4n) is 1.77. The van der Waals surface area contributed by atoms with Crippen LogP contribution in [0.15, 0.2) is 24.7 Å². The molecule has 0 saturated carbocycles. The Bertz CT molecular complexity index is 562. The van der Waals surface area contributed by atoms with Gasteiger partial charge in [0.25, 0.3) is 5.91 Å². The Morgan fingerprint density at radius 1 is 1.56 bits per heavy atom. The van der Waals surface area contributed by atoms with E-state index in [4.69, 9.17) is 0 Å². The van der Waals surface area contributed by atoms with Crippen molar-refractivity contribution in [3.05, 3.63) is 24.7 Å². The number of anilines is 1. The van der Waals surface area contributed by atoms with E-state index < -0.39 is 11.5 Å². The van der Waals surface area contributed by atoms with Crippen LogP contribution >= 0.6 is 0 Å². The second-order valence-corrected chi connectivity index (χ2v) is 4.49. The van der Waals surface area contributed by atoms with Gasteiger partial charge in [-0.15, -0.1) is 10.2 Å². The quantitative estimate of drug-likeness (QED) is 0.852. The fraction of sp³-hybridized carbons (Fsp3) is 0.417. The first-order valence-electron chi connectivity index (χ1n) is 5.86. The molecule has 2 heterocycles. The molecule has 0 radical (unpaired) electrons. The van der Waals surface area contributed by atoms with Gasteiger partial charge in [-0.25, -0.2) is 0 Å². The maximum atomic E-state index is 11.9. The van der Waals surface area contributed by atoms with Gasteiger partial charge in [0.05, 0.1) is 5.69 Å². The predicted molar refractivity (Wildman–Crippen MR) is 67.1 cm³/mol. The first-order chi connectivity index (χ1) is 8.53. The lowest BCUT2D eigenvalue weighted by Crippen LogP contribution is -2.39. The summed E-state index contributed by atoms with van der Waals surface area (Å²) in [6, 6.07) is 3.47. The van der Waals surface area contributed by atoms with Gasteiger partial charge in [-0.3, -0.25) is 9.20 Å². The van der Waals surface area contributed by atoms with Crippen LogP contribution in [-0.4, -0.2) is 31.2 Å². The SMILES string of the molecule is CCCC(C)(O)C(=O)Nc1ccc2nncn2c1. The van der Waals surface area contributed by atoms with Crippen LogP contribution in [0.4, 0.5) is 5.69 Å². The minimum absolute atomic E-state index is 0.406. The van der Waals surface area contributed by atoms with Crippen molar-refractivity contribution in [2.45, 2.75) is 32.3 Å². The number of nitrogens with one attached hydrogen (secondary N) is 1. The molecule has 0 bridgehead atoms. The number of aromatic nitrogens is 3. The maximum absolute atomic E-state index is 11.9. The molecule has 0 aromatic carbocycles. The highest BCUT2D eigenvalue weighted by Gasteiger charge is 2.29. The van der Waals surface area contributed by atoms with Crippen LogP contribution in [0, 0.1) is 0 Å². The molecule has 6 nitrogen and oxygen atoms in total. The summed E-state index contributed by atoms with van der Waals surface area (Å²) in [5, 5.41) is 20.3. The van der Waals surface area contributed by atoms with E-state index in [9.17, 15) is 9.90 Å². The lowest BCUT2D eigenvalue weighted by atomic mass is 10.00. The van der Waals surface area contributed by atoms with E-state index in [1.165, 1.54) is 6.92 Å². The first-order valence-corrected chi connectivity index (χ1v) is 5.86. The average molecular weight is 248 g/mol. The molecule has 2 rings (SSSR count). The third kappa shape index (κ3) is 2.48. The van der Waals surface area contributed by atoms with Crippen LogP contribution in [-0.2, 0) is 4.79 Å². The number of pyridine rings is 1. The summed E-state index contributed by atoms with van der Waals surface area (Å²) in [5.74, 6) is -0.406. The van der Waals surface area contributed by atoms with Gasteiger partial charge in [-0.05, 0) is 25.5 Å². The Morgan fingerprint density at radius 2 is 2.33 bits per heavy atom. The Morgan fingerprint density at radius 3 is 3.06 bits per heavy atom. The van der Waals surface area contributed by atoms with E-state index in [1.807, 2.05) is 6.92 Å². The summed E-state index contributed by atoms with van der Waals surface area (Å²) in [6.45, 7) is 3.44. The molecule has 0 aliphatic heterocycles. The normalized spacial score (nSPS) is 14.4. The second kappa shape index (κ2) is 4.73. The van der Waals surface area contributed by atoms with Crippen molar-refractivity contribution in [1.29, 1.82) is 0 Å². The molecular weight excluding hydrogens is 232 g/mol. The molecule has 0 aliphatic carbocycles. The number of rotatable bonds is 4. The summed E-state index contributed by atoms with van der Waals surface area (Å²) in [5.41, 5.74) is -0.0475.